The summed E-state index contributed by atoms with van der Waals surface area (Å²) in [5.41, 5.74) is 2.03. The number of hydrogen-bond donors (Lipinski definition) is 2. The smallest absolute Gasteiger partial charge is 0.267 e. The molecule has 3 amide bonds. The molecule has 5 rings (SSSR count). The van der Waals surface area contributed by atoms with Gasteiger partial charge in [0, 0.05) is 38.5 Å². The number of ether oxygens (including phenoxy) is 3. The van der Waals surface area contributed by atoms with Crippen LogP contribution in [0.2, 0.25) is 0 Å². The van der Waals surface area contributed by atoms with Gasteiger partial charge in [0.25, 0.3) is 11.8 Å². The molecule has 2 N–H and O–H groups in total. The van der Waals surface area contributed by atoms with E-state index >= 15 is 0 Å². The van der Waals surface area contributed by atoms with Crippen LogP contribution in [-0.4, -0.2) is 71.2 Å². The third-order valence-electron chi connectivity index (χ3n) is 7.36. The molecular formula is C30H34FN5O6S. The molecule has 0 spiro atoms. The van der Waals surface area contributed by atoms with E-state index in [2.05, 4.69) is 20.2 Å². The van der Waals surface area contributed by atoms with Gasteiger partial charge in [0.05, 0.1) is 18.8 Å². The highest BCUT2D eigenvalue weighted by Gasteiger charge is 2.36. The maximum atomic E-state index is 14.6. The fraction of sp³-hybridized carbons (Fsp3) is 0.433. The Kier molecular flexibility index (Phi) is 9.70. The average Bonchev–Trinajstić information content (AvgIpc) is 3.46. The molecule has 1 saturated heterocycles. The van der Waals surface area contributed by atoms with Gasteiger partial charge in [0.1, 0.15) is 22.5 Å². The number of nitrogens with zero attached hydrogens (tertiary/aromatic N) is 3. The number of methoxy groups -OCH3 is 1. The number of carbonyl (C=O) groups is 3. The fourth-order valence-corrected chi connectivity index (χ4v) is 5.88. The van der Waals surface area contributed by atoms with Crippen molar-refractivity contribution >= 4 is 29.3 Å². The van der Waals surface area contributed by atoms with Crippen molar-refractivity contribution in [3.63, 3.8) is 0 Å². The first kappa shape index (κ1) is 30.2. The molecule has 0 unspecified atom stereocenters. The summed E-state index contributed by atoms with van der Waals surface area (Å²) in [4.78, 5) is 41.3. The van der Waals surface area contributed by atoms with Gasteiger partial charge >= 0.3 is 0 Å². The lowest BCUT2D eigenvalue weighted by Gasteiger charge is -2.38. The summed E-state index contributed by atoms with van der Waals surface area (Å²) < 4.78 is 36.0. The van der Waals surface area contributed by atoms with Crippen LogP contribution in [-0.2, 0) is 29.0 Å². The van der Waals surface area contributed by atoms with Crippen LogP contribution >= 0.6 is 11.5 Å². The third kappa shape index (κ3) is 7.58. The van der Waals surface area contributed by atoms with E-state index in [0.717, 1.165) is 23.5 Å². The van der Waals surface area contributed by atoms with Gasteiger partial charge in [-0.15, -0.1) is 5.10 Å². The van der Waals surface area contributed by atoms with Crippen LogP contribution in [0.1, 0.15) is 52.7 Å². The first-order valence-electron chi connectivity index (χ1n) is 14.2. The minimum atomic E-state index is -0.622. The number of rotatable bonds is 4. The zero-order chi connectivity index (χ0) is 30.3. The van der Waals surface area contributed by atoms with E-state index in [-0.39, 0.29) is 43.7 Å². The van der Waals surface area contributed by atoms with E-state index in [4.69, 9.17) is 14.2 Å². The second-order valence-electron chi connectivity index (χ2n) is 10.5. The molecule has 2 aliphatic heterocycles. The van der Waals surface area contributed by atoms with Gasteiger partial charge in [-0.05, 0) is 59.8 Å². The van der Waals surface area contributed by atoms with Crippen molar-refractivity contribution in [1.29, 1.82) is 0 Å². The molecule has 228 valence electrons. The van der Waals surface area contributed by atoms with Crippen LogP contribution in [0.25, 0.3) is 0 Å². The maximum absolute atomic E-state index is 14.6. The van der Waals surface area contributed by atoms with Crippen molar-refractivity contribution in [2.24, 2.45) is 0 Å². The Morgan fingerprint density at radius 1 is 1.16 bits per heavy atom. The van der Waals surface area contributed by atoms with Crippen molar-refractivity contribution in [3.05, 3.63) is 63.9 Å². The molecule has 0 radical (unpaired) electrons. The molecule has 11 nitrogen and oxygen atoms in total. The Balaban J connectivity index is 1.41. The molecule has 1 fully saturated rings. The lowest BCUT2D eigenvalue weighted by molar-refractivity contribution is -0.125. The summed E-state index contributed by atoms with van der Waals surface area (Å²) in [6.07, 6.45) is 1.92. The molecule has 3 heterocycles. The van der Waals surface area contributed by atoms with Crippen molar-refractivity contribution in [3.8, 4) is 17.2 Å². The Morgan fingerprint density at radius 2 is 2.02 bits per heavy atom. The summed E-state index contributed by atoms with van der Waals surface area (Å²) >= 11 is 1.06. The van der Waals surface area contributed by atoms with Gasteiger partial charge < -0.3 is 29.7 Å². The molecule has 2 aromatic carbocycles. The number of fused-ring (bicyclic) bond motifs is 5. The monoisotopic (exact) mass is 611 g/mol. The van der Waals surface area contributed by atoms with Crippen molar-refractivity contribution in [2.75, 3.05) is 26.8 Å². The van der Waals surface area contributed by atoms with Crippen LogP contribution < -0.4 is 24.8 Å². The number of aryl methyl sites for hydroxylation is 2. The van der Waals surface area contributed by atoms with Crippen LogP contribution in [0.5, 0.6) is 17.2 Å². The number of aromatic nitrogens is 2. The highest BCUT2D eigenvalue weighted by atomic mass is 32.1. The normalized spacial score (nSPS) is 19.5. The van der Waals surface area contributed by atoms with E-state index < -0.39 is 23.9 Å². The number of halogens is 1. The molecule has 0 saturated carbocycles. The van der Waals surface area contributed by atoms with Crippen molar-refractivity contribution in [1.82, 2.24) is 25.1 Å². The van der Waals surface area contributed by atoms with E-state index in [1.165, 1.54) is 19.2 Å². The SMILES string of the molecule is CCCc1nnsc1C(=O)N1CC[C@H]2Oc3cc(F)cc(c3)CNC(=O)CCc3ccc(OC)c(c3)OCC(=O)N[C@@H]2C1. The number of likely N-dealkylation sites (tertiary alicyclic amines) is 1. The lowest BCUT2D eigenvalue weighted by atomic mass is 10.0. The summed E-state index contributed by atoms with van der Waals surface area (Å²) in [6.45, 7) is 2.34. The van der Waals surface area contributed by atoms with Gasteiger partial charge in [0.2, 0.25) is 5.91 Å². The second-order valence-corrected chi connectivity index (χ2v) is 11.3. The lowest BCUT2D eigenvalue weighted by Crippen LogP contribution is -2.58. The average molecular weight is 612 g/mol. The highest BCUT2D eigenvalue weighted by molar-refractivity contribution is 7.08. The molecule has 43 heavy (non-hydrogen) atoms. The van der Waals surface area contributed by atoms with Gasteiger partial charge in [-0.3, -0.25) is 14.4 Å². The van der Waals surface area contributed by atoms with Crippen LogP contribution in [0, 0.1) is 5.82 Å². The molecule has 2 aliphatic rings. The number of amides is 3. The number of piperidine rings is 1. The summed E-state index contributed by atoms with van der Waals surface area (Å²) in [6, 6.07) is 8.95. The van der Waals surface area contributed by atoms with E-state index in [1.807, 2.05) is 13.0 Å². The van der Waals surface area contributed by atoms with Crippen LogP contribution in [0.3, 0.4) is 0 Å². The Labute approximate surface area is 252 Å². The van der Waals surface area contributed by atoms with Crippen molar-refractivity contribution in [2.45, 2.75) is 57.7 Å². The minimum Gasteiger partial charge on any atom is -0.493 e. The van der Waals surface area contributed by atoms with Gasteiger partial charge in [-0.2, -0.15) is 0 Å². The summed E-state index contributed by atoms with van der Waals surface area (Å²) in [7, 11) is 1.51. The molecule has 4 bridgehead atoms. The Bertz CT molecular complexity index is 1480. The zero-order valence-corrected chi connectivity index (χ0v) is 24.9. The topological polar surface area (TPSA) is 132 Å². The van der Waals surface area contributed by atoms with E-state index in [9.17, 15) is 18.8 Å². The maximum Gasteiger partial charge on any atom is 0.267 e. The largest absolute Gasteiger partial charge is 0.493 e. The summed E-state index contributed by atoms with van der Waals surface area (Å²) in [5.74, 6) is -0.240. The van der Waals surface area contributed by atoms with E-state index in [0.29, 0.717) is 53.4 Å². The molecule has 0 aliphatic carbocycles. The minimum absolute atomic E-state index is 0.125. The van der Waals surface area contributed by atoms with E-state index in [1.54, 1.807) is 23.1 Å². The number of nitrogens with one attached hydrogen (secondary N) is 2. The van der Waals surface area contributed by atoms with Gasteiger partial charge in [-0.25, -0.2) is 4.39 Å². The highest BCUT2D eigenvalue weighted by Crippen LogP contribution is 2.29. The Hall–Kier alpha value is -4.26. The molecule has 13 heteroatoms. The van der Waals surface area contributed by atoms with Crippen LogP contribution in [0.15, 0.2) is 36.4 Å². The third-order valence-corrected chi connectivity index (χ3v) is 8.11. The molecule has 2 atom stereocenters. The first-order valence-corrected chi connectivity index (χ1v) is 15.0. The number of hydrogen-bond acceptors (Lipinski definition) is 9. The molecular weight excluding hydrogens is 577 g/mol. The van der Waals surface area contributed by atoms with Gasteiger partial charge in [-0.1, -0.05) is 23.9 Å². The fourth-order valence-electron chi connectivity index (χ4n) is 5.20. The standard InChI is InChI=1S/C30H34FN5O6S/c1-3-4-22-29(43-35-34-22)30(39)36-10-9-24-23(16-36)33-28(38)17-41-26-13-18(5-7-25(26)40-2)6-8-27(37)32-15-19-11-20(31)14-21(12-19)42-24/h5,7,11-14,23-24H,3-4,6,8-10,15-17H2,1-2H3,(H,32,37)(H,33,38)/t23-,24-/m1/s1. The van der Waals surface area contributed by atoms with Crippen molar-refractivity contribution < 1.29 is 33.0 Å². The number of carbonyl (C=O) groups excluding carboxylic acids is 3. The molecule has 1 aromatic heterocycles. The van der Waals surface area contributed by atoms with Crippen LogP contribution in [0.4, 0.5) is 4.39 Å². The quantitative estimate of drug-likeness (QED) is 0.460. The Morgan fingerprint density at radius 3 is 2.84 bits per heavy atom. The predicted octanol–water partition coefficient (Wildman–Crippen LogP) is 3.06. The molecule has 3 aromatic rings. The first-order chi connectivity index (χ1) is 20.8. The predicted molar refractivity (Wildman–Crippen MR) is 156 cm³/mol. The van der Waals surface area contributed by atoms with Gasteiger partial charge in [0.15, 0.2) is 18.1 Å². The number of benzene rings is 2. The summed E-state index contributed by atoms with van der Waals surface area (Å²) in [5, 5.41) is 9.92. The zero-order valence-electron chi connectivity index (χ0n) is 24.1. The second kappa shape index (κ2) is 13.8.